The maximum Gasteiger partial charge on any atom is 0.245 e. The molecular formula is C24H38N4O4S2. The van der Waals surface area contributed by atoms with Gasteiger partial charge >= 0.3 is 0 Å². The lowest BCUT2D eigenvalue weighted by atomic mass is 9.90. The van der Waals surface area contributed by atoms with Crippen molar-refractivity contribution in [3.8, 4) is 0 Å². The predicted molar refractivity (Wildman–Crippen MR) is 140 cm³/mol. The lowest BCUT2D eigenvalue weighted by Gasteiger charge is -2.39. The van der Waals surface area contributed by atoms with Crippen molar-refractivity contribution in [2.24, 2.45) is 11.7 Å². The number of benzene rings is 1. The topological polar surface area (TPSA) is 125 Å². The van der Waals surface area contributed by atoms with Crippen LogP contribution in [-0.2, 0) is 27.3 Å². The second kappa shape index (κ2) is 14.0. The van der Waals surface area contributed by atoms with Crippen LogP contribution in [0, 0.1) is 5.92 Å². The highest BCUT2D eigenvalue weighted by Crippen LogP contribution is 2.26. The van der Waals surface area contributed by atoms with Crippen LogP contribution in [0.1, 0.15) is 37.8 Å². The summed E-state index contributed by atoms with van der Waals surface area (Å²) in [5.41, 5.74) is 7.94. The molecule has 5 N–H and O–H groups in total. The van der Waals surface area contributed by atoms with Gasteiger partial charge in [0.05, 0.1) is 18.7 Å². The van der Waals surface area contributed by atoms with E-state index < -0.39 is 18.0 Å². The Bertz CT molecular complexity index is 839. The van der Waals surface area contributed by atoms with Crippen LogP contribution >= 0.6 is 24.4 Å². The third-order valence-electron chi connectivity index (χ3n) is 6.08. The highest BCUT2D eigenvalue weighted by atomic mass is 32.2. The first-order chi connectivity index (χ1) is 16.2. The number of thiol groups is 1. The Morgan fingerprint density at radius 1 is 1.24 bits per heavy atom. The molecule has 0 aromatic heterocycles. The number of amides is 3. The van der Waals surface area contributed by atoms with Gasteiger partial charge in [-0.1, -0.05) is 38.1 Å². The van der Waals surface area contributed by atoms with E-state index in [0.29, 0.717) is 19.4 Å². The molecule has 190 valence electrons. The Balaban J connectivity index is 2.23. The molecule has 1 aromatic carbocycles. The van der Waals surface area contributed by atoms with Gasteiger partial charge in [-0.25, -0.2) is 0 Å². The molecular weight excluding hydrogens is 472 g/mol. The average molecular weight is 511 g/mol. The van der Waals surface area contributed by atoms with Gasteiger partial charge in [-0.3, -0.25) is 14.4 Å². The van der Waals surface area contributed by atoms with E-state index in [1.54, 1.807) is 16.7 Å². The molecule has 0 radical (unpaired) electrons. The number of nitrogens with one attached hydrogen (secondary N) is 2. The summed E-state index contributed by atoms with van der Waals surface area (Å²) in [5.74, 6) is -0.0220. The first kappa shape index (κ1) is 28.5. The lowest BCUT2D eigenvalue weighted by molar-refractivity contribution is -0.142. The molecule has 8 nitrogen and oxygen atoms in total. The number of nitrogens with zero attached hydrogens (tertiary/aromatic N) is 1. The van der Waals surface area contributed by atoms with Crippen LogP contribution in [0.2, 0.25) is 0 Å². The summed E-state index contributed by atoms with van der Waals surface area (Å²) in [6.07, 6.45) is 3.31. The second-order valence-corrected chi connectivity index (χ2v) is 10.4. The molecule has 0 saturated carbocycles. The van der Waals surface area contributed by atoms with Crippen LogP contribution in [0.4, 0.5) is 0 Å². The number of thioether (sulfide) groups is 1. The Morgan fingerprint density at radius 2 is 1.91 bits per heavy atom. The molecule has 1 aliphatic heterocycles. The minimum absolute atomic E-state index is 0.116. The summed E-state index contributed by atoms with van der Waals surface area (Å²) in [4.78, 5) is 40.7. The molecule has 3 amide bonds. The molecule has 2 rings (SSSR count). The number of aliphatic hydroxyl groups is 1. The molecule has 0 fully saturated rings. The number of carbonyl (C=O) groups excluding carboxylic acids is 3. The predicted octanol–water partition coefficient (Wildman–Crippen LogP) is 0.958. The van der Waals surface area contributed by atoms with E-state index in [0.717, 1.165) is 16.9 Å². The van der Waals surface area contributed by atoms with Gasteiger partial charge in [0.2, 0.25) is 17.7 Å². The van der Waals surface area contributed by atoms with Crippen molar-refractivity contribution >= 4 is 42.1 Å². The van der Waals surface area contributed by atoms with Crippen molar-refractivity contribution in [3.63, 3.8) is 0 Å². The third-order valence-corrected chi connectivity index (χ3v) is 7.12. The van der Waals surface area contributed by atoms with Gasteiger partial charge in [0.1, 0.15) is 6.04 Å². The standard InChI is InChI=1S/C24H38N4O4S2/c1-15(2)22(27-23(31)20(25)14-33)24(32)28-12-17-7-5-4-6-16(17)10-19(28)11-21(30)26-18(13-29)8-9-34-3/h4-7,15,18-20,22,29,33H,8-14,25H2,1-3H3,(H,26,30)(H,27,31)/t18-,19-,20+,22+/m1/s1. The highest BCUT2D eigenvalue weighted by Gasteiger charge is 2.37. The van der Waals surface area contributed by atoms with Crippen molar-refractivity contribution in [1.29, 1.82) is 0 Å². The number of nitrogens with two attached hydrogens (primary N) is 1. The maximum atomic E-state index is 13.7. The van der Waals surface area contributed by atoms with Crippen LogP contribution in [0.25, 0.3) is 0 Å². The molecule has 0 bridgehead atoms. The summed E-state index contributed by atoms with van der Waals surface area (Å²) in [7, 11) is 0. The van der Waals surface area contributed by atoms with E-state index in [-0.39, 0.29) is 48.6 Å². The van der Waals surface area contributed by atoms with Crippen LogP contribution in [0.5, 0.6) is 0 Å². The molecule has 1 aromatic rings. The Kier molecular flexibility index (Phi) is 11.7. The van der Waals surface area contributed by atoms with Crippen molar-refractivity contribution in [1.82, 2.24) is 15.5 Å². The molecule has 0 spiro atoms. The van der Waals surface area contributed by atoms with Gasteiger partial charge in [-0.15, -0.1) is 0 Å². The number of aliphatic hydroxyl groups excluding tert-OH is 1. The van der Waals surface area contributed by atoms with Crippen LogP contribution in [0.3, 0.4) is 0 Å². The van der Waals surface area contributed by atoms with Gasteiger partial charge < -0.3 is 26.4 Å². The quantitative estimate of drug-likeness (QED) is 0.267. The Hall–Kier alpha value is -1.75. The van der Waals surface area contributed by atoms with Crippen LogP contribution in [-0.4, -0.2) is 76.3 Å². The van der Waals surface area contributed by atoms with Crippen molar-refractivity contribution in [2.75, 3.05) is 24.4 Å². The summed E-state index contributed by atoms with van der Waals surface area (Å²) < 4.78 is 0. The molecule has 10 heteroatoms. The van der Waals surface area contributed by atoms with E-state index in [9.17, 15) is 19.5 Å². The van der Waals surface area contributed by atoms with Crippen LogP contribution in [0.15, 0.2) is 24.3 Å². The number of rotatable bonds is 12. The summed E-state index contributed by atoms with van der Waals surface area (Å²) in [6.45, 7) is 3.97. The number of carbonyl (C=O) groups is 3. The molecule has 0 unspecified atom stereocenters. The zero-order valence-electron chi connectivity index (χ0n) is 20.2. The fraction of sp³-hybridized carbons (Fsp3) is 0.625. The first-order valence-electron chi connectivity index (χ1n) is 11.6. The minimum atomic E-state index is -0.808. The number of fused-ring (bicyclic) bond motifs is 1. The van der Waals surface area contributed by atoms with Gasteiger partial charge in [-0.05, 0) is 41.9 Å². The Morgan fingerprint density at radius 3 is 2.50 bits per heavy atom. The molecule has 0 saturated heterocycles. The van der Waals surface area contributed by atoms with E-state index in [1.165, 1.54) is 0 Å². The monoisotopic (exact) mass is 510 g/mol. The smallest absolute Gasteiger partial charge is 0.245 e. The molecule has 1 heterocycles. The highest BCUT2D eigenvalue weighted by molar-refractivity contribution is 7.98. The van der Waals surface area contributed by atoms with E-state index in [4.69, 9.17) is 5.73 Å². The number of hydrogen-bond donors (Lipinski definition) is 5. The van der Waals surface area contributed by atoms with E-state index in [1.807, 2.05) is 44.4 Å². The Labute approximate surface area is 212 Å². The fourth-order valence-electron chi connectivity index (χ4n) is 4.03. The largest absolute Gasteiger partial charge is 0.394 e. The lowest BCUT2D eigenvalue weighted by Crippen LogP contribution is -2.58. The summed E-state index contributed by atoms with van der Waals surface area (Å²) in [6, 6.07) is 5.64. The normalized spacial score (nSPS) is 18.1. The molecule has 4 atom stereocenters. The van der Waals surface area contributed by atoms with Crippen molar-refractivity contribution in [2.45, 2.75) is 63.8 Å². The van der Waals surface area contributed by atoms with Gasteiger partial charge in [0.15, 0.2) is 0 Å². The maximum absolute atomic E-state index is 13.7. The van der Waals surface area contributed by atoms with Gasteiger partial charge in [0.25, 0.3) is 0 Å². The van der Waals surface area contributed by atoms with Crippen molar-refractivity contribution < 1.29 is 19.5 Å². The average Bonchev–Trinajstić information content (AvgIpc) is 2.83. The second-order valence-electron chi connectivity index (χ2n) is 9.04. The zero-order valence-corrected chi connectivity index (χ0v) is 21.9. The van der Waals surface area contributed by atoms with E-state index in [2.05, 4.69) is 23.3 Å². The molecule has 0 aliphatic carbocycles. The van der Waals surface area contributed by atoms with E-state index >= 15 is 0 Å². The van der Waals surface area contributed by atoms with Crippen LogP contribution < -0.4 is 16.4 Å². The zero-order chi connectivity index (χ0) is 25.3. The third kappa shape index (κ3) is 7.90. The first-order valence-corrected chi connectivity index (χ1v) is 13.7. The van der Waals surface area contributed by atoms with Crippen molar-refractivity contribution in [3.05, 3.63) is 35.4 Å². The summed E-state index contributed by atoms with van der Waals surface area (Å²) >= 11 is 5.73. The van der Waals surface area contributed by atoms with Gasteiger partial charge in [0, 0.05) is 24.8 Å². The van der Waals surface area contributed by atoms with Gasteiger partial charge in [-0.2, -0.15) is 24.4 Å². The summed E-state index contributed by atoms with van der Waals surface area (Å²) in [5, 5.41) is 15.3. The fourth-order valence-corrected chi connectivity index (χ4v) is 4.72. The SMILES string of the molecule is CSCC[C@H](CO)NC(=O)C[C@H]1Cc2ccccc2CN1C(=O)[C@@H](NC(=O)[C@@H](N)CS)C(C)C. The minimum Gasteiger partial charge on any atom is -0.394 e. The number of hydrogen-bond acceptors (Lipinski definition) is 7. The molecule has 1 aliphatic rings. The molecule has 34 heavy (non-hydrogen) atoms.